The Hall–Kier alpha value is -1.06. The summed E-state index contributed by atoms with van der Waals surface area (Å²) >= 11 is 0. The molecule has 0 saturated carbocycles. The monoisotopic (exact) mass is 130 g/mol. The van der Waals surface area contributed by atoms with Crippen LogP contribution in [0, 0.1) is 5.41 Å². The minimum absolute atomic E-state index is 0.153. The van der Waals surface area contributed by atoms with Crippen molar-refractivity contribution in [3.63, 3.8) is 0 Å². The molecule has 0 fully saturated rings. The third-order valence-corrected chi connectivity index (χ3v) is 0.841. The van der Waals surface area contributed by atoms with Crippen LogP contribution in [0.5, 0.6) is 0 Å². The number of hydrogen-bond donors (Lipinski definition) is 3. The summed E-state index contributed by atoms with van der Waals surface area (Å²) in [4.78, 5) is 9.90. The molecule has 0 spiro atoms. The van der Waals surface area contributed by atoms with Crippen molar-refractivity contribution in [1.29, 1.82) is 5.41 Å². The zero-order valence-corrected chi connectivity index (χ0v) is 5.22. The molecule has 3 N–H and O–H groups in total. The Balaban J connectivity index is 3.37. The second-order valence-corrected chi connectivity index (χ2v) is 1.79. The van der Waals surface area contributed by atoms with Crippen LogP contribution in [-0.4, -0.2) is 23.5 Å². The Morgan fingerprint density at radius 1 is 2.00 bits per heavy atom. The maximum Gasteiger partial charge on any atom is 0.404 e. The molecule has 0 radical (unpaired) electrons. The van der Waals surface area contributed by atoms with E-state index in [4.69, 9.17) is 10.5 Å². The number of hydrogen-bond acceptors (Lipinski definition) is 2. The quantitative estimate of drug-likeness (QED) is 0.491. The van der Waals surface area contributed by atoms with Crippen LogP contribution in [0.25, 0.3) is 0 Å². The summed E-state index contributed by atoms with van der Waals surface area (Å²) in [6.07, 6.45) is 0.594. The standard InChI is InChI=1S/C5H10N2O2/c1-4(2-3-6)7-5(8)9/h3-4,6-7H,2H2,1H3,(H,8,9). The number of nitrogens with one attached hydrogen (secondary N) is 2. The van der Waals surface area contributed by atoms with E-state index in [1.54, 1.807) is 6.92 Å². The van der Waals surface area contributed by atoms with Crippen LogP contribution in [0.1, 0.15) is 13.3 Å². The molecule has 0 aliphatic carbocycles. The second-order valence-electron chi connectivity index (χ2n) is 1.79. The molecular formula is C5H10N2O2. The highest BCUT2D eigenvalue weighted by atomic mass is 16.4. The summed E-state index contributed by atoms with van der Waals surface area (Å²) in [6.45, 7) is 1.71. The first-order valence-corrected chi connectivity index (χ1v) is 2.65. The van der Waals surface area contributed by atoms with Gasteiger partial charge < -0.3 is 15.8 Å². The molecule has 0 saturated heterocycles. The van der Waals surface area contributed by atoms with Crippen LogP contribution in [0.2, 0.25) is 0 Å². The molecule has 1 amide bonds. The van der Waals surface area contributed by atoms with Crippen LogP contribution < -0.4 is 5.32 Å². The van der Waals surface area contributed by atoms with Crippen LogP contribution in [-0.2, 0) is 0 Å². The first-order valence-electron chi connectivity index (χ1n) is 2.65. The van der Waals surface area contributed by atoms with Gasteiger partial charge in [0.2, 0.25) is 0 Å². The Bertz CT molecular complexity index is 114. The topological polar surface area (TPSA) is 73.2 Å². The maximum atomic E-state index is 9.90. The van der Waals surface area contributed by atoms with Crippen molar-refractivity contribution < 1.29 is 9.90 Å². The Morgan fingerprint density at radius 3 is 2.89 bits per heavy atom. The summed E-state index contributed by atoms with van der Waals surface area (Å²) < 4.78 is 0. The summed E-state index contributed by atoms with van der Waals surface area (Å²) in [5.41, 5.74) is 0. The van der Waals surface area contributed by atoms with Crippen LogP contribution in [0.3, 0.4) is 0 Å². The first-order chi connectivity index (χ1) is 4.16. The van der Waals surface area contributed by atoms with Crippen molar-refractivity contribution >= 4 is 12.3 Å². The van der Waals surface area contributed by atoms with Crippen molar-refractivity contribution in [2.24, 2.45) is 0 Å². The summed E-state index contributed by atoms with van der Waals surface area (Å²) in [7, 11) is 0. The fourth-order valence-electron chi connectivity index (χ4n) is 0.446. The molecule has 4 nitrogen and oxygen atoms in total. The normalized spacial score (nSPS) is 12.1. The fraction of sp³-hybridized carbons (Fsp3) is 0.600. The van der Waals surface area contributed by atoms with E-state index >= 15 is 0 Å². The van der Waals surface area contributed by atoms with Crippen molar-refractivity contribution in [3.8, 4) is 0 Å². The van der Waals surface area contributed by atoms with Crippen LogP contribution in [0.4, 0.5) is 4.79 Å². The Kier molecular flexibility index (Phi) is 3.43. The lowest BCUT2D eigenvalue weighted by molar-refractivity contribution is 0.191. The molecule has 0 aromatic carbocycles. The van der Waals surface area contributed by atoms with Gasteiger partial charge >= 0.3 is 6.09 Å². The second kappa shape index (κ2) is 3.88. The van der Waals surface area contributed by atoms with E-state index < -0.39 is 6.09 Å². The predicted molar refractivity (Wildman–Crippen MR) is 34.0 cm³/mol. The zero-order valence-electron chi connectivity index (χ0n) is 5.22. The average Bonchev–Trinajstić information content (AvgIpc) is 1.63. The highest BCUT2D eigenvalue weighted by molar-refractivity contribution is 5.65. The van der Waals surface area contributed by atoms with Gasteiger partial charge in [0.25, 0.3) is 0 Å². The smallest absolute Gasteiger partial charge is 0.404 e. The molecule has 9 heavy (non-hydrogen) atoms. The molecule has 4 heteroatoms. The molecule has 52 valence electrons. The number of carbonyl (C=O) groups is 1. The number of carboxylic acid groups (broad SMARTS) is 1. The van der Waals surface area contributed by atoms with Gasteiger partial charge in [0.15, 0.2) is 0 Å². The number of rotatable bonds is 3. The van der Waals surface area contributed by atoms with Gasteiger partial charge in [-0.05, 0) is 13.1 Å². The van der Waals surface area contributed by atoms with Gasteiger partial charge in [-0.25, -0.2) is 4.79 Å². The van der Waals surface area contributed by atoms with E-state index in [0.717, 1.165) is 0 Å². The lowest BCUT2D eigenvalue weighted by atomic mass is 10.2. The van der Waals surface area contributed by atoms with E-state index in [1.165, 1.54) is 6.21 Å². The summed E-state index contributed by atoms with van der Waals surface area (Å²) in [5, 5.41) is 17.0. The van der Waals surface area contributed by atoms with Gasteiger partial charge in [-0.1, -0.05) is 0 Å². The van der Waals surface area contributed by atoms with Gasteiger partial charge in [0.1, 0.15) is 0 Å². The van der Waals surface area contributed by atoms with E-state index in [2.05, 4.69) is 5.32 Å². The molecule has 0 heterocycles. The Labute approximate surface area is 53.4 Å². The van der Waals surface area contributed by atoms with Gasteiger partial charge in [-0.2, -0.15) is 0 Å². The molecule has 0 aliphatic heterocycles. The molecule has 1 unspecified atom stereocenters. The molecule has 0 bridgehead atoms. The van der Waals surface area contributed by atoms with Crippen molar-refractivity contribution in [2.45, 2.75) is 19.4 Å². The molecule has 0 aromatic rings. The van der Waals surface area contributed by atoms with E-state index in [1.807, 2.05) is 0 Å². The SMILES string of the molecule is CC(CC=N)NC(=O)O. The van der Waals surface area contributed by atoms with Gasteiger partial charge in [0.05, 0.1) is 0 Å². The lowest BCUT2D eigenvalue weighted by Gasteiger charge is -2.05. The number of amides is 1. The largest absolute Gasteiger partial charge is 0.465 e. The third-order valence-electron chi connectivity index (χ3n) is 0.841. The lowest BCUT2D eigenvalue weighted by Crippen LogP contribution is -2.30. The minimum Gasteiger partial charge on any atom is -0.465 e. The maximum absolute atomic E-state index is 9.90. The van der Waals surface area contributed by atoms with E-state index in [0.29, 0.717) is 6.42 Å². The molecule has 1 atom stereocenters. The van der Waals surface area contributed by atoms with E-state index in [9.17, 15) is 4.79 Å². The summed E-state index contributed by atoms with van der Waals surface area (Å²) in [5.74, 6) is 0. The zero-order chi connectivity index (χ0) is 7.28. The van der Waals surface area contributed by atoms with Gasteiger partial charge in [0, 0.05) is 12.5 Å². The van der Waals surface area contributed by atoms with E-state index in [-0.39, 0.29) is 6.04 Å². The van der Waals surface area contributed by atoms with Crippen LogP contribution in [0.15, 0.2) is 0 Å². The highest BCUT2D eigenvalue weighted by Gasteiger charge is 2.00. The van der Waals surface area contributed by atoms with Crippen LogP contribution >= 0.6 is 0 Å². The molecular weight excluding hydrogens is 120 g/mol. The molecule has 0 aromatic heterocycles. The van der Waals surface area contributed by atoms with Crippen molar-refractivity contribution in [2.75, 3.05) is 0 Å². The fourth-order valence-corrected chi connectivity index (χ4v) is 0.446. The highest BCUT2D eigenvalue weighted by Crippen LogP contribution is 1.84. The third kappa shape index (κ3) is 4.80. The van der Waals surface area contributed by atoms with Gasteiger partial charge in [-0.3, -0.25) is 0 Å². The predicted octanol–water partition coefficient (Wildman–Crippen LogP) is 0.682. The molecule has 0 rings (SSSR count). The first kappa shape index (κ1) is 7.94. The van der Waals surface area contributed by atoms with Crippen molar-refractivity contribution in [3.05, 3.63) is 0 Å². The average molecular weight is 130 g/mol. The summed E-state index contributed by atoms with van der Waals surface area (Å²) in [6, 6.07) is -0.153. The van der Waals surface area contributed by atoms with Gasteiger partial charge in [-0.15, -0.1) is 0 Å². The minimum atomic E-state index is -1.04. The molecule has 0 aliphatic rings. The Morgan fingerprint density at radius 2 is 2.56 bits per heavy atom. The van der Waals surface area contributed by atoms with Crippen molar-refractivity contribution in [1.82, 2.24) is 5.32 Å².